The Balaban J connectivity index is 1.56. The van der Waals surface area contributed by atoms with Gasteiger partial charge in [0.2, 0.25) is 5.95 Å². The van der Waals surface area contributed by atoms with E-state index in [4.69, 9.17) is 0 Å². The van der Waals surface area contributed by atoms with Gasteiger partial charge in [-0.1, -0.05) is 12.1 Å². The van der Waals surface area contributed by atoms with Crippen LogP contribution in [0.15, 0.2) is 30.5 Å². The van der Waals surface area contributed by atoms with Crippen molar-refractivity contribution in [1.29, 1.82) is 5.26 Å². The smallest absolute Gasteiger partial charge is 0.229 e. The first kappa shape index (κ1) is 20.7. The highest BCUT2D eigenvalue weighted by Gasteiger charge is 2.38. The van der Waals surface area contributed by atoms with E-state index in [9.17, 15) is 5.26 Å². The molecular formula is C21H26N10. The van der Waals surface area contributed by atoms with Gasteiger partial charge in [-0.15, -0.1) is 5.10 Å². The van der Waals surface area contributed by atoms with Gasteiger partial charge < -0.3 is 16.0 Å². The third-order valence-electron chi connectivity index (χ3n) is 5.18. The molecule has 1 aliphatic heterocycles. The number of anilines is 3. The van der Waals surface area contributed by atoms with Gasteiger partial charge in [-0.25, -0.2) is 10.1 Å². The highest BCUT2D eigenvalue weighted by Crippen LogP contribution is 2.31. The molecule has 0 radical (unpaired) electrons. The number of H-pyrrole nitrogens is 1. The first-order chi connectivity index (χ1) is 14.7. The zero-order chi connectivity index (χ0) is 22.1. The van der Waals surface area contributed by atoms with Gasteiger partial charge in [0.25, 0.3) is 0 Å². The molecule has 10 heteroatoms. The maximum atomic E-state index is 9.55. The number of nitrogens with zero attached hydrogens (tertiary/aromatic N) is 6. The van der Waals surface area contributed by atoms with Crippen molar-refractivity contribution < 1.29 is 0 Å². The Kier molecular flexibility index (Phi) is 5.29. The second-order valence-electron chi connectivity index (χ2n) is 9.17. The monoisotopic (exact) mass is 418 g/mol. The SMILES string of the molecule is CC1(C)CC(Nc2nc(Nc3cccc(-c4nnn[nH]4)c3)ncc2C#N)CC(C)(C)N1. The van der Waals surface area contributed by atoms with Gasteiger partial charge >= 0.3 is 0 Å². The minimum absolute atomic E-state index is 0.0175. The minimum atomic E-state index is -0.0175. The van der Waals surface area contributed by atoms with Gasteiger partial charge in [0.1, 0.15) is 17.5 Å². The van der Waals surface area contributed by atoms with Crippen molar-refractivity contribution in [2.75, 3.05) is 10.6 Å². The molecule has 3 heterocycles. The number of aromatic nitrogens is 6. The van der Waals surface area contributed by atoms with Gasteiger partial charge in [0, 0.05) is 28.4 Å². The second kappa shape index (κ2) is 7.92. The summed E-state index contributed by atoms with van der Waals surface area (Å²) in [6, 6.07) is 9.97. The number of aromatic amines is 1. The molecule has 3 aromatic rings. The van der Waals surface area contributed by atoms with E-state index in [1.807, 2.05) is 24.3 Å². The molecule has 0 spiro atoms. The van der Waals surface area contributed by atoms with Crippen molar-refractivity contribution in [2.24, 2.45) is 0 Å². The molecule has 160 valence electrons. The van der Waals surface area contributed by atoms with E-state index in [0.717, 1.165) is 24.1 Å². The summed E-state index contributed by atoms with van der Waals surface area (Å²) in [5, 5.41) is 33.8. The van der Waals surface area contributed by atoms with E-state index in [1.165, 1.54) is 0 Å². The molecular weight excluding hydrogens is 392 g/mol. The number of benzene rings is 1. The molecule has 31 heavy (non-hydrogen) atoms. The minimum Gasteiger partial charge on any atom is -0.366 e. The molecule has 0 aliphatic carbocycles. The molecule has 1 aliphatic rings. The summed E-state index contributed by atoms with van der Waals surface area (Å²) in [6.07, 6.45) is 3.38. The van der Waals surface area contributed by atoms with Crippen LogP contribution in [0, 0.1) is 11.3 Å². The average Bonchev–Trinajstić information content (AvgIpc) is 3.21. The van der Waals surface area contributed by atoms with Crippen LogP contribution in [0.3, 0.4) is 0 Å². The number of hydrogen-bond acceptors (Lipinski definition) is 9. The van der Waals surface area contributed by atoms with Crippen LogP contribution >= 0.6 is 0 Å². The maximum absolute atomic E-state index is 9.55. The Labute approximate surface area is 180 Å². The summed E-state index contributed by atoms with van der Waals surface area (Å²) in [5.41, 5.74) is 2.00. The zero-order valence-corrected chi connectivity index (χ0v) is 18.1. The topological polar surface area (TPSA) is 140 Å². The van der Waals surface area contributed by atoms with Crippen LogP contribution in [0.4, 0.5) is 17.5 Å². The van der Waals surface area contributed by atoms with Crippen molar-refractivity contribution in [1.82, 2.24) is 35.9 Å². The lowest BCUT2D eigenvalue weighted by molar-refractivity contribution is 0.170. The van der Waals surface area contributed by atoms with Crippen LogP contribution in [-0.4, -0.2) is 47.7 Å². The van der Waals surface area contributed by atoms with Gasteiger partial charge in [0.05, 0.1) is 6.20 Å². The Morgan fingerprint density at radius 1 is 1.16 bits per heavy atom. The van der Waals surface area contributed by atoms with Crippen LogP contribution in [0.1, 0.15) is 46.1 Å². The van der Waals surface area contributed by atoms with E-state index < -0.39 is 0 Å². The summed E-state index contributed by atoms with van der Waals surface area (Å²) >= 11 is 0. The van der Waals surface area contributed by atoms with Gasteiger partial charge in [0.15, 0.2) is 5.82 Å². The molecule has 10 nitrogen and oxygen atoms in total. The summed E-state index contributed by atoms with van der Waals surface area (Å²) in [6.45, 7) is 8.77. The van der Waals surface area contributed by atoms with E-state index in [-0.39, 0.29) is 17.1 Å². The fourth-order valence-electron chi connectivity index (χ4n) is 4.41. The van der Waals surface area contributed by atoms with E-state index in [2.05, 4.69) is 80.3 Å². The van der Waals surface area contributed by atoms with Crippen molar-refractivity contribution in [3.05, 3.63) is 36.0 Å². The molecule has 0 amide bonds. The Morgan fingerprint density at radius 2 is 1.94 bits per heavy atom. The number of piperidine rings is 1. The molecule has 2 aromatic heterocycles. The molecule has 0 unspecified atom stereocenters. The Morgan fingerprint density at radius 3 is 2.61 bits per heavy atom. The van der Waals surface area contributed by atoms with Crippen LogP contribution in [0.25, 0.3) is 11.4 Å². The van der Waals surface area contributed by atoms with Crippen LogP contribution in [0.5, 0.6) is 0 Å². The van der Waals surface area contributed by atoms with Crippen LogP contribution in [0.2, 0.25) is 0 Å². The number of tetrazole rings is 1. The third kappa shape index (κ3) is 4.95. The zero-order valence-electron chi connectivity index (χ0n) is 18.1. The molecule has 0 bridgehead atoms. The first-order valence-electron chi connectivity index (χ1n) is 10.2. The van der Waals surface area contributed by atoms with Crippen molar-refractivity contribution in [2.45, 2.75) is 57.7 Å². The Hall–Kier alpha value is -3.58. The van der Waals surface area contributed by atoms with Crippen LogP contribution < -0.4 is 16.0 Å². The standard InChI is InChI=1S/C21H26N10/c1-20(2)9-16(10-21(3,4)29-20)24-17-14(11-22)12-23-19(26-17)25-15-7-5-6-13(8-15)18-27-30-31-28-18/h5-8,12,16,29H,9-10H2,1-4H3,(H2,23,24,25,26)(H,27,28,30,31). The van der Waals surface area contributed by atoms with E-state index in [0.29, 0.717) is 23.2 Å². The number of rotatable bonds is 5. The molecule has 4 rings (SSSR count). The lowest BCUT2D eigenvalue weighted by atomic mass is 9.79. The molecule has 1 saturated heterocycles. The largest absolute Gasteiger partial charge is 0.366 e. The highest BCUT2D eigenvalue weighted by molar-refractivity contribution is 5.65. The van der Waals surface area contributed by atoms with Crippen LogP contribution in [-0.2, 0) is 0 Å². The van der Waals surface area contributed by atoms with Gasteiger partial charge in [-0.2, -0.15) is 10.2 Å². The predicted octanol–water partition coefficient (Wildman–Crippen LogP) is 2.99. The quantitative estimate of drug-likeness (QED) is 0.492. The van der Waals surface area contributed by atoms with E-state index in [1.54, 1.807) is 6.20 Å². The fourth-order valence-corrected chi connectivity index (χ4v) is 4.41. The molecule has 1 fully saturated rings. The lowest BCUT2D eigenvalue weighted by Gasteiger charge is -2.46. The van der Waals surface area contributed by atoms with Crippen molar-refractivity contribution >= 4 is 17.5 Å². The lowest BCUT2D eigenvalue weighted by Crippen LogP contribution is -2.60. The molecule has 0 saturated carbocycles. The average molecular weight is 419 g/mol. The van der Waals surface area contributed by atoms with Gasteiger partial charge in [-0.3, -0.25) is 0 Å². The third-order valence-corrected chi connectivity index (χ3v) is 5.18. The summed E-state index contributed by atoms with van der Waals surface area (Å²) in [4.78, 5) is 8.90. The predicted molar refractivity (Wildman–Crippen MR) is 118 cm³/mol. The first-order valence-corrected chi connectivity index (χ1v) is 10.2. The molecule has 1 aromatic carbocycles. The molecule has 4 N–H and O–H groups in total. The number of nitriles is 1. The number of nitrogens with one attached hydrogen (secondary N) is 4. The fraction of sp³-hybridized carbons (Fsp3) is 0.429. The normalized spacial score (nSPS) is 17.6. The summed E-state index contributed by atoms with van der Waals surface area (Å²) in [7, 11) is 0. The van der Waals surface area contributed by atoms with E-state index >= 15 is 0 Å². The van der Waals surface area contributed by atoms with Crippen molar-refractivity contribution in [3.63, 3.8) is 0 Å². The van der Waals surface area contributed by atoms with Crippen molar-refractivity contribution in [3.8, 4) is 17.5 Å². The summed E-state index contributed by atoms with van der Waals surface area (Å²) in [5.74, 6) is 1.51. The Bertz CT molecular complexity index is 1080. The number of hydrogen-bond donors (Lipinski definition) is 4. The highest BCUT2D eigenvalue weighted by atomic mass is 15.5. The maximum Gasteiger partial charge on any atom is 0.229 e. The molecule has 0 atom stereocenters. The second-order valence-corrected chi connectivity index (χ2v) is 9.17. The van der Waals surface area contributed by atoms with Gasteiger partial charge in [-0.05, 0) is 63.1 Å². The summed E-state index contributed by atoms with van der Waals surface area (Å²) < 4.78 is 0.